The van der Waals surface area contributed by atoms with Crippen molar-refractivity contribution in [2.75, 3.05) is 11.5 Å². The van der Waals surface area contributed by atoms with Crippen LogP contribution in [0.25, 0.3) is 5.65 Å². The first kappa shape index (κ1) is 12.5. The third-order valence-corrected chi connectivity index (χ3v) is 5.99. The zero-order valence-electron chi connectivity index (χ0n) is 10.6. The zero-order chi connectivity index (χ0) is 13.5. The van der Waals surface area contributed by atoms with E-state index in [1.54, 1.807) is 6.07 Å². The molecule has 2 N–H and O–H groups in total. The van der Waals surface area contributed by atoms with Crippen LogP contribution < -0.4 is 5.73 Å². The van der Waals surface area contributed by atoms with Crippen molar-refractivity contribution in [2.24, 2.45) is 0 Å². The highest BCUT2D eigenvalue weighted by molar-refractivity contribution is 7.92. The summed E-state index contributed by atoms with van der Waals surface area (Å²) in [6.45, 7) is 0. The molecule has 19 heavy (non-hydrogen) atoms. The molecule has 1 unspecified atom stereocenters. The van der Waals surface area contributed by atoms with Gasteiger partial charge in [0, 0.05) is 18.8 Å². The predicted octanol–water partition coefficient (Wildman–Crippen LogP) is 1.43. The van der Waals surface area contributed by atoms with Gasteiger partial charge in [-0.2, -0.15) is 0 Å². The van der Waals surface area contributed by atoms with Gasteiger partial charge in [-0.05, 0) is 25.0 Å². The van der Waals surface area contributed by atoms with Crippen LogP contribution >= 0.6 is 0 Å². The summed E-state index contributed by atoms with van der Waals surface area (Å²) in [5.41, 5.74) is 7.96. The predicted molar refractivity (Wildman–Crippen MR) is 74.7 cm³/mol. The first-order chi connectivity index (χ1) is 9.06. The maximum atomic E-state index is 12.0. The van der Waals surface area contributed by atoms with Gasteiger partial charge in [-0.1, -0.05) is 6.42 Å². The number of nitrogens with zero attached hydrogens (tertiary/aromatic N) is 2. The highest BCUT2D eigenvalue weighted by atomic mass is 32.2. The maximum Gasteiger partial charge on any atom is 0.160 e. The monoisotopic (exact) mass is 279 g/mol. The number of pyridine rings is 1. The second-order valence-electron chi connectivity index (χ2n) is 5.12. The van der Waals surface area contributed by atoms with E-state index in [1.165, 1.54) is 0 Å². The topological polar surface area (TPSA) is 77.5 Å². The molecule has 102 valence electrons. The van der Waals surface area contributed by atoms with Gasteiger partial charge in [0.15, 0.2) is 15.5 Å². The molecule has 2 aromatic heterocycles. The summed E-state index contributed by atoms with van der Waals surface area (Å²) in [5, 5.41) is -0.285. The van der Waals surface area contributed by atoms with Gasteiger partial charge in [-0.15, -0.1) is 0 Å². The molecule has 0 saturated carbocycles. The first-order valence-corrected chi connectivity index (χ1v) is 8.21. The summed E-state index contributed by atoms with van der Waals surface area (Å²) >= 11 is 0. The van der Waals surface area contributed by atoms with Gasteiger partial charge in [0.2, 0.25) is 0 Å². The molecule has 3 heterocycles. The van der Waals surface area contributed by atoms with E-state index in [4.69, 9.17) is 5.73 Å². The molecule has 5 nitrogen and oxygen atoms in total. The third-order valence-electron chi connectivity index (χ3n) is 3.71. The van der Waals surface area contributed by atoms with Crippen LogP contribution in [0.1, 0.15) is 25.0 Å². The van der Waals surface area contributed by atoms with Crippen molar-refractivity contribution in [3.05, 3.63) is 30.2 Å². The minimum Gasteiger partial charge on any atom is -0.396 e. The second kappa shape index (κ2) is 4.52. The summed E-state index contributed by atoms with van der Waals surface area (Å²) in [6.07, 6.45) is 6.75. The summed E-state index contributed by atoms with van der Waals surface area (Å²) in [7, 11) is -2.95. The number of fused-ring (bicyclic) bond motifs is 1. The van der Waals surface area contributed by atoms with Gasteiger partial charge < -0.3 is 10.1 Å². The van der Waals surface area contributed by atoms with E-state index in [2.05, 4.69) is 4.98 Å². The molecule has 2 aromatic rings. The lowest BCUT2D eigenvalue weighted by Crippen LogP contribution is -2.30. The summed E-state index contributed by atoms with van der Waals surface area (Å²) in [6, 6.07) is 3.65. The van der Waals surface area contributed by atoms with Crippen LogP contribution in [0.5, 0.6) is 0 Å². The average molecular weight is 279 g/mol. The molecule has 1 fully saturated rings. The Kier molecular flexibility index (Phi) is 2.97. The normalized spacial score (nSPS) is 22.6. The van der Waals surface area contributed by atoms with Crippen molar-refractivity contribution >= 4 is 21.2 Å². The molecule has 0 bridgehead atoms. The van der Waals surface area contributed by atoms with E-state index in [-0.39, 0.29) is 5.25 Å². The summed E-state index contributed by atoms with van der Waals surface area (Å²) in [5.74, 6) is 0.313. The van der Waals surface area contributed by atoms with Gasteiger partial charge in [-0.25, -0.2) is 13.4 Å². The Morgan fingerprint density at radius 3 is 3.00 bits per heavy atom. The van der Waals surface area contributed by atoms with Crippen LogP contribution in [0.3, 0.4) is 0 Å². The average Bonchev–Trinajstić information content (AvgIpc) is 2.76. The van der Waals surface area contributed by atoms with Crippen LogP contribution in [0, 0.1) is 0 Å². The number of hydrogen-bond donors (Lipinski definition) is 1. The highest BCUT2D eigenvalue weighted by Crippen LogP contribution is 2.23. The smallest absolute Gasteiger partial charge is 0.160 e. The molecule has 1 aliphatic heterocycles. The van der Waals surface area contributed by atoms with Crippen LogP contribution in [-0.2, 0) is 16.3 Å². The second-order valence-corrected chi connectivity index (χ2v) is 7.52. The lowest BCUT2D eigenvalue weighted by Gasteiger charge is -2.21. The number of imidazole rings is 1. The Hall–Kier alpha value is -1.56. The number of nitrogen functional groups attached to an aromatic ring is 1. The minimum atomic E-state index is -2.95. The fourth-order valence-corrected chi connectivity index (χ4v) is 4.56. The van der Waals surface area contributed by atoms with Crippen molar-refractivity contribution in [3.63, 3.8) is 0 Å². The maximum absolute atomic E-state index is 12.0. The van der Waals surface area contributed by atoms with Crippen molar-refractivity contribution < 1.29 is 8.42 Å². The molecule has 1 aliphatic rings. The van der Waals surface area contributed by atoms with Gasteiger partial charge in [-0.3, -0.25) is 0 Å². The van der Waals surface area contributed by atoms with Crippen molar-refractivity contribution in [3.8, 4) is 0 Å². The number of aromatic nitrogens is 2. The largest absolute Gasteiger partial charge is 0.396 e. The molecule has 0 aliphatic carbocycles. The lowest BCUT2D eigenvalue weighted by molar-refractivity contribution is 0.536. The van der Waals surface area contributed by atoms with Gasteiger partial charge in [0.1, 0.15) is 0 Å². The lowest BCUT2D eigenvalue weighted by atomic mass is 10.1. The number of anilines is 1. The van der Waals surface area contributed by atoms with Gasteiger partial charge in [0.05, 0.1) is 22.4 Å². The standard InChI is InChI=1S/C13H17N3O2S/c14-12-5-3-6-16-9-10(15-13(12)16)8-11-4-1-2-7-19(11,17)18/h3,5-6,9,11H,1-2,4,7-8,14H2. The van der Waals surface area contributed by atoms with E-state index < -0.39 is 9.84 Å². The number of rotatable bonds is 2. The van der Waals surface area contributed by atoms with Crippen LogP contribution in [-0.4, -0.2) is 28.8 Å². The minimum absolute atomic E-state index is 0.285. The molecule has 0 aromatic carbocycles. The Labute approximate surface area is 112 Å². The molecular formula is C13H17N3O2S. The van der Waals surface area contributed by atoms with E-state index in [1.807, 2.05) is 22.9 Å². The van der Waals surface area contributed by atoms with Crippen molar-refractivity contribution in [1.82, 2.24) is 9.38 Å². The molecule has 6 heteroatoms. The fourth-order valence-electron chi connectivity index (χ4n) is 2.67. The molecule has 1 saturated heterocycles. The fraction of sp³-hybridized carbons (Fsp3) is 0.462. The highest BCUT2D eigenvalue weighted by Gasteiger charge is 2.29. The molecule has 0 amide bonds. The Balaban J connectivity index is 1.91. The van der Waals surface area contributed by atoms with E-state index in [0.717, 1.165) is 25.0 Å². The number of sulfone groups is 1. The number of nitrogens with two attached hydrogens (primary N) is 1. The Bertz CT molecular complexity index is 706. The Morgan fingerprint density at radius 2 is 2.26 bits per heavy atom. The summed E-state index contributed by atoms with van der Waals surface area (Å²) < 4.78 is 25.9. The molecule has 0 spiro atoms. The first-order valence-electron chi connectivity index (χ1n) is 6.50. The quantitative estimate of drug-likeness (QED) is 0.902. The zero-order valence-corrected chi connectivity index (χ0v) is 11.4. The Morgan fingerprint density at radius 1 is 1.42 bits per heavy atom. The third kappa shape index (κ3) is 2.32. The van der Waals surface area contributed by atoms with E-state index in [9.17, 15) is 8.42 Å². The number of hydrogen-bond acceptors (Lipinski definition) is 4. The van der Waals surface area contributed by atoms with Gasteiger partial charge in [0.25, 0.3) is 0 Å². The van der Waals surface area contributed by atoms with E-state index >= 15 is 0 Å². The van der Waals surface area contributed by atoms with Crippen LogP contribution in [0.15, 0.2) is 24.5 Å². The summed E-state index contributed by atoms with van der Waals surface area (Å²) in [4.78, 5) is 4.45. The van der Waals surface area contributed by atoms with Gasteiger partial charge >= 0.3 is 0 Å². The SMILES string of the molecule is Nc1cccn2cc(CC3CCCCS3(=O)=O)nc12. The van der Waals surface area contributed by atoms with Crippen molar-refractivity contribution in [2.45, 2.75) is 30.9 Å². The van der Waals surface area contributed by atoms with Crippen molar-refractivity contribution in [1.29, 1.82) is 0 Å². The molecular weight excluding hydrogens is 262 g/mol. The van der Waals surface area contributed by atoms with E-state index in [0.29, 0.717) is 23.5 Å². The molecule has 0 radical (unpaired) electrons. The van der Waals surface area contributed by atoms with Crippen LogP contribution in [0.2, 0.25) is 0 Å². The van der Waals surface area contributed by atoms with Crippen LogP contribution in [0.4, 0.5) is 5.69 Å². The molecule has 3 rings (SSSR count). The molecule has 1 atom stereocenters.